The van der Waals surface area contributed by atoms with Gasteiger partial charge in [0.15, 0.2) is 0 Å². The first-order valence-electron chi connectivity index (χ1n) is 3.30. The van der Waals surface area contributed by atoms with Gasteiger partial charge in [0, 0.05) is 8.07 Å². The van der Waals surface area contributed by atoms with Crippen LogP contribution in [0.2, 0.25) is 24.7 Å². The fourth-order valence-electron chi connectivity index (χ4n) is 0.289. The molecule has 0 bridgehead atoms. The number of hydrogen-bond donors (Lipinski definition) is 0. The predicted molar refractivity (Wildman–Crippen MR) is 42.7 cm³/mol. The Morgan fingerprint density at radius 3 is 1.75 bits per heavy atom. The van der Waals surface area contributed by atoms with Gasteiger partial charge >= 0.3 is 0 Å². The summed E-state index contributed by atoms with van der Waals surface area (Å²) in [7, 11) is -0.866. The molecule has 8 heavy (non-hydrogen) atoms. The minimum Gasteiger partial charge on any atom is -0.0692 e. The molecule has 0 spiro atoms. The number of rotatable bonds is 2. The highest BCUT2D eigenvalue weighted by Crippen LogP contribution is 2.23. The maximum Gasteiger partial charge on any atom is 0.0499 e. The molecule has 0 N–H and O–H groups in total. The van der Waals surface area contributed by atoms with E-state index in [1.54, 1.807) is 0 Å². The fraction of sp³-hybridized carbons (Fsp3) is 0.857. The molecule has 0 aliphatic carbocycles. The average Bonchev–Trinajstić information content (AvgIpc) is 1.67. The van der Waals surface area contributed by atoms with E-state index in [4.69, 9.17) is 0 Å². The molecule has 0 aromatic carbocycles. The van der Waals surface area contributed by atoms with Crippen molar-refractivity contribution in [1.82, 2.24) is 0 Å². The standard InChI is InChI=1S/C7H17Si/c1-6-8(4,5)7(2)3/h7H,1,6H2,2-5H3. The molecule has 0 saturated heterocycles. The summed E-state index contributed by atoms with van der Waals surface area (Å²) in [5.74, 6) is 0. The molecule has 0 saturated carbocycles. The average molecular weight is 129 g/mol. The van der Waals surface area contributed by atoms with Crippen LogP contribution in [0.3, 0.4) is 0 Å². The van der Waals surface area contributed by atoms with Gasteiger partial charge in [0.1, 0.15) is 0 Å². The lowest BCUT2D eigenvalue weighted by atomic mass is 10.6. The molecule has 1 radical (unpaired) electrons. The van der Waals surface area contributed by atoms with Gasteiger partial charge in [0.25, 0.3) is 0 Å². The molecule has 0 nitrogen and oxygen atoms in total. The van der Waals surface area contributed by atoms with Crippen molar-refractivity contribution in [1.29, 1.82) is 0 Å². The van der Waals surface area contributed by atoms with E-state index < -0.39 is 8.07 Å². The Labute approximate surface area is 54.3 Å². The van der Waals surface area contributed by atoms with Crippen LogP contribution in [0.1, 0.15) is 13.8 Å². The van der Waals surface area contributed by atoms with Crippen molar-refractivity contribution in [2.75, 3.05) is 0 Å². The van der Waals surface area contributed by atoms with Gasteiger partial charge in [-0.15, -0.1) is 0 Å². The summed E-state index contributed by atoms with van der Waals surface area (Å²) in [6.07, 6.45) is 0. The lowest BCUT2D eigenvalue weighted by molar-refractivity contribution is 1.00. The molecule has 0 aliphatic rings. The Morgan fingerprint density at radius 2 is 1.75 bits per heavy atom. The summed E-state index contributed by atoms with van der Waals surface area (Å²) in [5.41, 5.74) is 0.889. The molecule has 0 aromatic rings. The Morgan fingerprint density at radius 1 is 1.38 bits per heavy atom. The van der Waals surface area contributed by atoms with Gasteiger partial charge in [-0.25, -0.2) is 0 Å². The predicted octanol–water partition coefficient (Wildman–Crippen LogP) is 2.94. The zero-order chi connectivity index (χ0) is 6.78. The molecule has 0 unspecified atom stereocenters. The van der Waals surface area contributed by atoms with Crippen LogP contribution < -0.4 is 0 Å². The number of hydrogen-bond acceptors (Lipinski definition) is 0. The second-order valence-corrected chi connectivity index (χ2v) is 9.03. The second kappa shape index (κ2) is 2.67. The Kier molecular flexibility index (Phi) is 2.74. The van der Waals surface area contributed by atoms with Crippen molar-refractivity contribution in [2.45, 2.75) is 38.5 Å². The van der Waals surface area contributed by atoms with Crippen LogP contribution >= 0.6 is 0 Å². The minimum atomic E-state index is -0.866. The van der Waals surface area contributed by atoms with Crippen molar-refractivity contribution in [3.05, 3.63) is 6.92 Å². The summed E-state index contributed by atoms with van der Waals surface area (Å²) in [5, 5.41) is 0. The summed E-state index contributed by atoms with van der Waals surface area (Å²) in [4.78, 5) is 0. The first-order chi connectivity index (χ1) is 3.50. The lowest BCUT2D eigenvalue weighted by Crippen LogP contribution is -2.27. The van der Waals surface area contributed by atoms with Gasteiger partial charge in [-0.3, -0.25) is 0 Å². The molecular formula is C7H17Si. The molecule has 0 atom stereocenters. The highest BCUT2D eigenvalue weighted by atomic mass is 28.3. The van der Waals surface area contributed by atoms with Gasteiger partial charge < -0.3 is 0 Å². The molecule has 0 amide bonds. The monoisotopic (exact) mass is 129 g/mol. The van der Waals surface area contributed by atoms with E-state index in [0.717, 1.165) is 5.54 Å². The van der Waals surface area contributed by atoms with Gasteiger partial charge in [0.05, 0.1) is 0 Å². The Hall–Kier alpha value is 0.217. The van der Waals surface area contributed by atoms with Crippen LogP contribution in [0.5, 0.6) is 0 Å². The molecule has 49 valence electrons. The highest BCUT2D eigenvalue weighted by Gasteiger charge is 2.21. The van der Waals surface area contributed by atoms with E-state index in [9.17, 15) is 0 Å². The summed E-state index contributed by atoms with van der Waals surface area (Å²) >= 11 is 0. The largest absolute Gasteiger partial charge is 0.0692 e. The third kappa shape index (κ3) is 1.99. The normalized spacial score (nSPS) is 12.8. The summed E-state index contributed by atoms with van der Waals surface area (Å²) in [6.45, 7) is 13.3. The zero-order valence-electron chi connectivity index (χ0n) is 6.49. The third-order valence-corrected chi connectivity index (χ3v) is 6.62. The highest BCUT2D eigenvalue weighted by molar-refractivity contribution is 6.78. The third-order valence-electron chi connectivity index (χ3n) is 2.21. The summed E-state index contributed by atoms with van der Waals surface area (Å²) in [6, 6.07) is 1.17. The molecule has 1 heteroatoms. The summed E-state index contributed by atoms with van der Waals surface area (Å²) < 4.78 is 0. The van der Waals surface area contributed by atoms with E-state index in [-0.39, 0.29) is 0 Å². The minimum absolute atomic E-state index is 0.866. The van der Waals surface area contributed by atoms with E-state index in [1.165, 1.54) is 6.04 Å². The van der Waals surface area contributed by atoms with Crippen LogP contribution in [0.4, 0.5) is 0 Å². The van der Waals surface area contributed by atoms with Crippen LogP contribution in [0, 0.1) is 6.92 Å². The molecule has 0 heterocycles. The fourth-order valence-corrected chi connectivity index (χ4v) is 0.866. The SMILES string of the molecule is [CH2]C[Si](C)(C)C(C)C. The van der Waals surface area contributed by atoms with Crippen LogP contribution in [-0.4, -0.2) is 8.07 Å². The maximum absolute atomic E-state index is 3.94. The van der Waals surface area contributed by atoms with Gasteiger partial charge in [0.2, 0.25) is 0 Å². The molecule has 0 aromatic heterocycles. The smallest absolute Gasteiger partial charge is 0.0499 e. The maximum atomic E-state index is 3.94. The van der Waals surface area contributed by atoms with E-state index in [2.05, 4.69) is 33.9 Å². The van der Waals surface area contributed by atoms with Crippen LogP contribution in [-0.2, 0) is 0 Å². The quantitative estimate of drug-likeness (QED) is 0.503. The topological polar surface area (TPSA) is 0 Å². The first kappa shape index (κ1) is 8.22. The zero-order valence-corrected chi connectivity index (χ0v) is 7.49. The van der Waals surface area contributed by atoms with E-state index in [0.29, 0.717) is 0 Å². The Bertz CT molecular complexity index is 64.8. The second-order valence-electron chi connectivity index (χ2n) is 3.39. The van der Waals surface area contributed by atoms with Gasteiger partial charge in [-0.05, 0) is 0 Å². The van der Waals surface area contributed by atoms with E-state index >= 15 is 0 Å². The van der Waals surface area contributed by atoms with Crippen LogP contribution in [0.25, 0.3) is 0 Å². The van der Waals surface area contributed by atoms with Crippen molar-refractivity contribution in [3.8, 4) is 0 Å². The van der Waals surface area contributed by atoms with Gasteiger partial charge in [-0.2, -0.15) is 0 Å². The lowest BCUT2D eigenvalue weighted by Gasteiger charge is -2.24. The molecular weight excluding hydrogens is 112 g/mol. The van der Waals surface area contributed by atoms with E-state index in [1.807, 2.05) is 0 Å². The van der Waals surface area contributed by atoms with Crippen molar-refractivity contribution in [3.63, 3.8) is 0 Å². The Balaban J connectivity index is 3.71. The van der Waals surface area contributed by atoms with Crippen molar-refractivity contribution in [2.24, 2.45) is 0 Å². The van der Waals surface area contributed by atoms with Crippen molar-refractivity contribution < 1.29 is 0 Å². The molecule has 0 rings (SSSR count). The first-order valence-corrected chi connectivity index (χ1v) is 6.58. The molecule has 0 fully saturated rings. The van der Waals surface area contributed by atoms with Gasteiger partial charge in [-0.1, -0.05) is 45.5 Å². The molecule has 0 aliphatic heterocycles. The van der Waals surface area contributed by atoms with Crippen molar-refractivity contribution >= 4 is 8.07 Å². The van der Waals surface area contributed by atoms with Crippen LogP contribution in [0.15, 0.2) is 0 Å².